The third-order valence-electron chi connectivity index (χ3n) is 2.26. The highest BCUT2D eigenvalue weighted by atomic mass is 16.1. The Kier molecular flexibility index (Phi) is 3.35. The largest absolute Gasteiger partial charge is 0.377 e. The highest BCUT2D eigenvalue weighted by Crippen LogP contribution is 2.26. The minimum absolute atomic E-state index is 0.0357. The van der Waals surface area contributed by atoms with E-state index < -0.39 is 0 Å². The average molecular weight is 206 g/mol. The van der Waals surface area contributed by atoms with Crippen molar-refractivity contribution in [1.82, 2.24) is 0 Å². The summed E-state index contributed by atoms with van der Waals surface area (Å²) in [6, 6.07) is 3.98. The predicted molar refractivity (Wildman–Crippen MR) is 64.5 cm³/mol. The maximum absolute atomic E-state index is 10.9. The van der Waals surface area contributed by atoms with Crippen molar-refractivity contribution in [2.45, 2.75) is 20.8 Å². The Hall–Kier alpha value is -1.51. The van der Waals surface area contributed by atoms with Crippen LogP contribution in [0.4, 0.5) is 11.4 Å². The molecule has 0 atom stereocenters. The Balaban J connectivity index is 3.13. The van der Waals surface area contributed by atoms with Gasteiger partial charge in [0.15, 0.2) is 0 Å². The molecule has 1 aromatic rings. The molecule has 82 valence electrons. The number of hydrogen-bond acceptors (Lipinski definition) is 2. The van der Waals surface area contributed by atoms with Crippen molar-refractivity contribution in [2.75, 3.05) is 24.3 Å². The zero-order chi connectivity index (χ0) is 11.6. The van der Waals surface area contributed by atoms with Gasteiger partial charge in [-0.1, -0.05) is 0 Å². The zero-order valence-corrected chi connectivity index (χ0v) is 10.0. The third kappa shape index (κ3) is 2.72. The van der Waals surface area contributed by atoms with Gasteiger partial charge in [0.2, 0.25) is 5.91 Å². The van der Waals surface area contributed by atoms with Crippen LogP contribution in [0.3, 0.4) is 0 Å². The van der Waals surface area contributed by atoms with Gasteiger partial charge in [-0.15, -0.1) is 0 Å². The lowest BCUT2D eigenvalue weighted by Gasteiger charge is -2.19. The average Bonchev–Trinajstić information content (AvgIpc) is 1.99. The molecule has 0 aliphatic carbocycles. The number of carbonyl (C=O) groups is 1. The maximum atomic E-state index is 10.9. The van der Waals surface area contributed by atoms with Gasteiger partial charge in [-0.25, -0.2) is 0 Å². The van der Waals surface area contributed by atoms with Crippen molar-refractivity contribution >= 4 is 17.3 Å². The van der Waals surface area contributed by atoms with Crippen LogP contribution >= 0.6 is 0 Å². The number of carbonyl (C=O) groups excluding carboxylic acids is 1. The Morgan fingerprint density at radius 1 is 1.20 bits per heavy atom. The van der Waals surface area contributed by atoms with E-state index in [-0.39, 0.29) is 5.91 Å². The van der Waals surface area contributed by atoms with Crippen LogP contribution < -0.4 is 10.2 Å². The van der Waals surface area contributed by atoms with E-state index in [4.69, 9.17) is 0 Å². The van der Waals surface area contributed by atoms with Crippen molar-refractivity contribution in [1.29, 1.82) is 0 Å². The van der Waals surface area contributed by atoms with E-state index in [0.29, 0.717) is 0 Å². The van der Waals surface area contributed by atoms with Gasteiger partial charge in [-0.05, 0) is 37.1 Å². The molecule has 0 aliphatic heterocycles. The van der Waals surface area contributed by atoms with Gasteiger partial charge in [0.1, 0.15) is 0 Å². The fraction of sp³-hybridized carbons (Fsp3) is 0.417. The van der Waals surface area contributed by atoms with Gasteiger partial charge < -0.3 is 10.2 Å². The van der Waals surface area contributed by atoms with E-state index in [2.05, 4.69) is 10.2 Å². The first-order chi connectivity index (χ1) is 6.91. The number of nitrogens with zero attached hydrogens (tertiary/aromatic N) is 1. The molecule has 3 nitrogen and oxygen atoms in total. The first kappa shape index (κ1) is 11.6. The highest BCUT2D eigenvalue weighted by Gasteiger charge is 2.07. The number of amides is 1. The molecule has 3 heteroatoms. The molecule has 1 aromatic carbocycles. The summed E-state index contributed by atoms with van der Waals surface area (Å²) < 4.78 is 0. The third-order valence-corrected chi connectivity index (χ3v) is 2.26. The van der Waals surface area contributed by atoms with Gasteiger partial charge in [-0.3, -0.25) is 4.79 Å². The summed E-state index contributed by atoms with van der Waals surface area (Å²) in [5.41, 5.74) is 4.42. The number of anilines is 2. The molecule has 0 unspecified atom stereocenters. The molecule has 0 heterocycles. The molecule has 1 N–H and O–H groups in total. The lowest BCUT2D eigenvalue weighted by atomic mass is 10.1. The molecule has 1 rings (SSSR count). The summed E-state index contributed by atoms with van der Waals surface area (Å²) in [4.78, 5) is 13.0. The Labute approximate surface area is 91.1 Å². The molecular formula is C12H18N2O. The molecule has 0 fully saturated rings. The van der Waals surface area contributed by atoms with Gasteiger partial charge >= 0.3 is 0 Å². The van der Waals surface area contributed by atoms with Crippen LogP contribution in [0, 0.1) is 13.8 Å². The van der Waals surface area contributed by atoms with Crippen LogP contribution in [0.2, 0.25) is 0 Å². The van der Waals surface area contributed by atoms with Crippen LogP contribution in [0.1, 0.15) is 18.1 Å². The normalized spacial score (nSPS) is 9.93. The SMILES string of the molecule is CC(=O)Nc1cc(C)c(N(C)C)c(C)c1. The van der Waals surface area contributed by atoms with Gasteiger partial charge in [-0.2, -0.15) is 0 Å². The number of aryl methyl sites for hydroxylation is 2. The molecule has 0 bridgehead atoms. The lowest BCUT2D eigenvalue weighted by Crippen LogP contribution is -2.13. The first-order valence-corrected chi connectivity index (χ1v) is 4.98. The zero-order valence-electron chi connectivity index (χ0n) is 10.0. The van der Waals surface area contributed by atoms with Gasteiger partial charge in [0, 0.05) is 32.4 Å². The number of benzene rings is 1. The topological polar surface area (TPSA) is 32.3 Å². The van der Waals surface area contributed by atoms with Crippen molar-refractivity contribution < 1.29 is 4.79 Å². The molecule has 1 amide bonds. The Morgan fingerprint density at radius 2 is 1.67 bits per heavy atom. The van der Waals surface area contributed by atoms with E-state index in [9.17, 15) is 4.79 Å². The lowest BCUT2D eigenvalue weighted by molar-refractivity contribution is -0.114. The van der Waals surface area contributed by atoms with E-state index >= 15 is 0 Å². The molecule has 15 heavy (non-hydrogen) atoms. The fourth-order valence-electron chi connectivity index (χ4n) is 1.94. The standard InChI is InChI=1S/C12H18N2O/c1-8-6-11(13-10(3)15)7-9(2)12(8)14(4)5/h6-7H,1-5H3,(H,13,15). The Bertz CT molecular complexity index is 360. The second kappa shape index (κ2) is 4.34. The summed E-state index contributed by atoms with van der Waals surface area (Å²) in [6.45, 7) is 5.62. The van der Waals surface area contributed by atoms with Crippen LogP contribution in [-0.4, -0.2) is 20.0 Å². The molecule has 0 spiro atoms. The quantitative estimate of drug-likeness (QED) is 0.805. The van der Waals surface area contributed by atoms with Crippen LogP contribution in [0.15, 0.2) is 12.1 Å². The van der Waals surface area contributed by atoms with Crippen LogP contribution in [-0.2, 0) is 4.79 Å². The summed E-state index contributed by atoms with van der Waals surface area (Å²) in [7, 11) is 4.04. The van der Waals surface area contributed by atoms with Crippen LogP contribution in [0.25, 0.3) is 0 Å². The molecule has 0 saturated carbocycles. The smallest absolute Gasteiger partial charge is 0.221 e. The second-order valence-corrected chi connectivity index (χ2v) is 4.03. The molecule has 0 aliphatic rings. The molecule has 0 aromatic heterocycles. The number of hydrogen-bond donors (Lipinski definition) is 1. The van der Waals surface area contributed by atoms with Crippen LogP contribution in [0.5, 0.6) is 0 Å². The maximum Gasteiger partial charge on any atom is 0.221 e. The highest BCUT2D eigenvalue weighted by molar-refractivity contribution is 5.89. The van der Waals surface area contributed by atoms with Crippen molar-refractivity contribution in [3.8, 4) is 0 Å². The summed E-state index contributed by atoms with van der Waals surface area (Å²) in [5.74, 6) is -0.0357. The van der Waals surface area contributed by atoms with E-state index in [1.807, 2.05) is 40.1 Å². The predicted octanol–water partition coefficient (Wildman–Crippen LogP) is 2.33. The van der Waals surface area contributed by atoms with E-state index in [0.717, 1.165) is 5.69 Å². The van der Waals surface area contributed by atoms with Gasteiger partial charge in [0.05, 0.1) is 0 Å². The minimum atomic E-state index is -0.0357. The van der Waals surface area contributed by atoms with Crippen molar-refractivity contribution in [2.24, 2.45) is 0 Å². The fourth-order valence-corrected chi connectivity index (χ4v) is 1.94. The van der Waals surface area contributed by atoms with E-state index in [1.54, 1.807) is 0 Å². The van der Waals surface area contributed by atoms with E-state index in [1.165, 1.54) is 23.7 Å². The first-order valence-electron chi connectivity index (χ1n) is 4.98. The molecular weight excluding hydrogens is 188 g/mol. The minimum Gasteiger partial charge on any atom is -0.377 e. The molecule has 0 radical (unpaired) electrons. The summed E-state index contributed by atoms with van der Waals surface area (Å²) in [5, 5.41) is 2.80. The number of rotatable bonds is 2. The van der Waals surface area contributed by atoms with Crippen molar-refractivity contribution in [3.63, 3.8) is 0 Å². The second-order valence-electron chi connectivity index (χ2n) is 4.03. The summed E-state index contributed by atoms with van der Waals surface area (Å²) in [6.07, 6.45) is 0. The monoisotopic (exact) mass is 206 g/mol. The Morgan fingerprint density at radius 3 is 2.00 bits per heavy atom. The van der Waals surface area contributed by atoms with Gasteiger partial charge in [0.25, 0.3) is 0 Å². The number of nitrogens with one attached hydrogen (secondary N) is 1. The summed E-state index contributed by atoms with van der Waals surface area (Å²) >= 11 is 0. The molecule has 0 saturated heterocycles. The van der Waals surface area contributed by atoms with Crippen molar-refractivity contribution in [3.05, 3.63) is 23.3 Å².